The molecule has 1 aliphatic carbocycles. The number of carbonyl (C=O) groups is 2. The minimum Gasteiger partial charge on any atom is -0.444 e. The van der Waals surface area contributed by atoms with E-state index in [1.165, 1.54) is 5.56 Å². The average Bonchev–Trinajstić information content (AvgIpc) is 3.49. The minimum atomic E-state index is -0.510. The van der Waals surface area contributed by atoms with Crippen LogP contribution in [0.2, 0.25) is 0 Å². The van der Waals surface area contributed by atoms with Gasteiger partial charge in [-0.3, -0.25) is 4.79 Å². The maximum absolute atomic E-state index is 12.7. The first-order chi connectivity index (χ1) is 17.3. The third-order valence-electron chi connectivity index (χ3n) is 6.62. The van der Waals surface area contributed by atoms with Crippen molar-refractivity contribution < 1.29 is 14.3 Å². The number of carbonyl (C=O) groups excluding carboxylic acids is 2. The zero-order valence-electron chi connectivity index (χ0n) is 21.0. The summed E-state index contributed by atoms with van der Waals surface area (Å²) in [7, 11) is 0. The topological polar surface area (TPSA) is 75.9 Å². The Bertz CT molecular complexity index is 1350. The van der Waals surface area contributed by atoms with Crippen LogP contribution in [0, 0.1) is 0 Å². The van der Waals surface area contributed by atoms with Crippen molar-refractivity contribution >= 4 is 17.5 Å². The first-order valence-electron chi connectivity index (χ1n) is 12.5. The maximum atomic E-state index is 12.7. The van der Waals surface area contributed by atoms with Crippen molar-refractivity contribution in [3.05, 3.63) is 84.0 Å². The molecular formula is C29H32N4O3. The Morgan fingerprint density at radius 2 is 1.94 bits per heavy atom. The second-order valence-electron chi connectivity index (χ2n) is 10.4. The SMILES string of the molecule is CC(C)(C)OC(=O)N1CCC(c2cc(-c3ccc(C(=O)NC4=CC=CCC4)cc3)n3cnccc23)C1. The molecule has 3 aromatic rings. The fourth-order valence-electron chi connectivity index (χ4n) is 4.85. The molecule has 1 aromatic carbocycles. The van der Waals surface area contributed by atoms with Gasteiger partial charge in [-0.05, 0) is 81.5 Å². The van der Waals surface area contributed by atoms with E-state index in [0.717, 1.165) is 41.7 Å². The predicted octanol–water partition coefficient (Wildman–Crippen LogP) is 5.69. The number of hydrogen-bond donors (Lipinski definition) is 1. The lowest BCUT2D eigenvalue weighted by atomic mass is 9.98. The van der Waals surface area contributed by atoms with Gasteiger partial charge in [0.05, 0.1) is 17.5 Å². The number of benzene rings is 1. The monoisotopic (exact) mass is 484 g/mol. The van der Waals surface area contributed by atoms with E-state index < -0.39 is 5.60 Å². The minimum absolute atomic E-state index is 0.0985. The van der Waals surface area contributed by atoms with Crippen LogP contribution in [0.1, 0.15) is 61.9 Å². The standard InChI is InChI=1S/C29H32N4O3/c1-29(2,3)36-28(35)32-16-14-22(18-32)24-17-26(33-19-30-15-13-25(24)33)20-9-11-21(12-10-20)27(34)31-23-7-5-4-6-8-23/h4-5,7,9-13,15,17,19,22H,6,8,14,16,18H2,1-3H3,(H,31,34). The number of likely N-dealkylation sites (tertiary alicyclic amines) is 1. The number of aromatic nitrogens is 2. The Hall–Kier alpha value is -3.87. The highest BCUT2D eigenvalue weighted by molar-refractivity contribution is 5.95. The number of nitrogens with zero attached hydrogens (tertiary/aromatic N) is 3. The largest absolute Gasteiger partial charge is 0.444 e. The Kier molecular flexibility index (Phi) is 6.39. The molecule has 1 fully saturated rings. The van der Waals surface area contributed by atoms with Crippen LogP contribution in [0.25, 0.3) is 16.8 Å². The van der Waals surface area contributed by atoms with Crippen molar-refractivity contribution in [3.8, 4) is 11.3 Å². The number of hydrogen-bond acceptors (Lipinski definition) is 4. The van der Waals surface area contributed by atoms with E-state index in [1.807, 2.05) is 69.6 Å². The first kappa shape index (κ1) is 23.9. The summed E-state index contributed by atoms with van der Waals surface area (Å²) in [5, 5.41) is 3.01. The molecule has 1 saturated heterocycles. The molecule has 1 aliphatic heterocycles. The van der Waals surface area contributed by atoms with Crippen LogP contribution in [0.15, 0.2) is 72.8 Å². The van der Waals surface area contributed by atoms with Gasteiger partial charge in [0.25, 0.3) is 5.91 Å². The van der Waals surface area contributed by atoms with Crippen LogP contribution in [0.3, 0.4) is 0 Å². The van der Waals surface area contributed by atoms with E-state index in [9.17, 15) is 9.59 Å². The predicted molar refractivity (Wildman–Crippen MR) is 140 cm³/mol. The van der Waals surface area contributed by atoms with E-state index in [4.69, 9.17) is 4.74 Å². The lowest BCUT2D eigenvalue weighted by Gasteiger charge is -2.24. The molecule has 2 aromatic heterocycles. The fourth-order valence-corrected chi connectivity index (χ4v) is 4.85. The molecule has 0 spiro atoms. The van der Waals surface area contributed by atoms with Crippen LogP contribution >= 0.6 is 0 Å². The number of amides is 2. The van der Waals surface area contributed by atoms with Gasteiger partial charge in [-0.1, -0.05) is 24.3 Å². The summed E-state index contributed by atoms with van der Waals surface area (Å²) in [6.07, 6.45) is 12.0. The molecule has 2 amide bonds. The van der Waals surface area contributed by atoms with Crippen LogP contribution in [0.4, 0.5) is 4.79 Å². The highest BCUT2D eigenvalue weighted by Crippen LogP contribution is 2.35. The molecule has 0 bridgehead atoms. The van der Waals surface area contributed by atoms with Crippen molar-refractivity contribution in [2.24, 2.45) is 0 Å². The molecule has 1 atom stereocenters. The third kappa shape index (κ3) is 5.05. The van der Waals surface area contributed by atoms with Gasteiger partial charge in [-0.2, -0.15) is 0 Å². The van der Waals surface area contributed by atoms with Gasteiger partial charge >= 0.3 is 6.09 Å². The van der Waals surface area contributed by atoms with E-state index >= 15 is 0 Å². The Labute approximate surface area is 211 Å². The van der Waals surface area contributed by atoms with Crippen molar-refractivity contribution in [1.82, 2.24) is 19.6 Å². The lowest BCUT2D eigenvalue weighted by molar-refractivity contribution is 0.0292. The molecule has 1 unspecified atom stereocenters. The highest BCUT2D eigenvalue weighted by Gasteiger charge is 2.32. The Morgan fingerprint density at radius 1 is 1.14 bits per heavy atom. The van der Waals surface area contributed by atoms with Gasteiger partial charge in [-0.15, -0.1) is 0 Å². The molecule has 7 heteroatoms. The summed E-state index contributed by atoms with van der Waals surface area (Å²) in [6, 6.07) is 11.9. The zero-order valence-corrected chi connectivity index (χ0v) is 21.0. The normalized spacial score (nSPS) is 17.8. The number of rotatable bonds is 4. The first-order valence-corrected chi connectivity index (χ1v) is 12.5. The third-order valence-corrected chi connectivity index (χ3v) is 6.62. The Morgan fingerprint density at radius 3 is 2.67 bits per heavy atom. The summed E-state index contributed by atoms with van der Waals surface area (Å²) >= 11 is 0. The van der Waals surface area contributed by atoms with E-state index in [0.29, 0.717) is 18.7 Å². The zero-order chi connectivity index (χ0) is 25.3. The molecular weight excluding hydrogens is 452 g/mol. The van der Waals surface area contributed by atoms with Crippen molar-refractivity contribution in [2.75, 3.05) is 13.1 Å². The number of fused-ring (bicyclic) bond motifs is 1. The number of nitrogens with one attached hydrogen (secondary N) is 1. The van der Waals surface area contributed by atoms with Crippen LogP contribution in [-0.4, -0.2) is 45.0 Å². The van der Waals surface area contributed by atoms with Crippen LogP contribution in [-0.2, 0) is 4.74 Å². The lowest BCUT2D eigenvalue weighted by Crippen LogP contribution is -2.35. The molecule has 0 saturated carbocycles. The molecule has 3 heterocycles. The van der Waals surface area contributed by atoms with Gasteiger partial charge in [0.2, 0.25) is 0 Å². The van der Waals surface area contributed by atoms with Crippen LogP contribution < -0.4 is 5.32 Å². The van der Waals surface area contributed by atoms with Crippen molar-refractivity contribution in [2.45, 2.75) is 51.6 Å². The van der Waals surface area contributed by atoms with Gasteiger partial charge in [0.1, 0.15) is 5.60 Å². The second kappa shape index (κ2) is 9.64. The molecule has 5 rings (SSSR count). The molecule has 2 aliphatic rings. The van der Waals surface area contributed by atoms with Gasteiger partial charge in [0, 0.05) is 36.5 Å². The second-order valence-corrected chi connectivity index (χ2v) is 10.4. The maximum Gasteiger partial charge on any atom is 0.410 e. The van der Waals surface area contributed by atoms with Gasteiger partial charge in [0.15, 0.2) is 0 Å². The molecule has 36 heavy (non-hydrogen) atoms. The van der Waals surface area contributed by atoms with E-state index in [1.54, 1.807) is 11.1 Å². The van der Waals surface area contributed by atoms with Gasteiger partial charge < -0.3 is 19.4 Å². The van der Waals surface area contributed by atoms with E-state index in [-0.39, 0.29) is 17.9 Å². The highest BCUT2D eigenvalue weighted by atomic mass is 16.6. The smallest absolute Gasteiger partial charge is 0.410 e. The Balaban J connectivity index is 1.37. The average molecular weight is 485 g/mol. The fraction of sp³-hybridized carbons (Fsp3) is 0.345. The quantitative estimate of drug-likeness (QED) is 0.516. The summed E-state index contributed by atoms with van der Waals surface area (Å²) < 4.78 is 7.66. The molecule has 0 radical (unpaired) electrons. The number of ether oxygens (including phenoxy) is 1. The van der Waals surface area contributed by atoms with E-state index in [2.05, 4.69) is 26.8 Å². The van der Waals surface area contributed by atoms with Crippen molar-refractivity contribution in [3.63, 3.8) is 0 Å². The van der Waals surface area contributed by atoms with Crippen molar-refractivity contribution in [1.29, 1.82) is 0 Å². The summed E-state index contributed by atoms with van der Waals surface area (Å²) in [5.41, 5.74) is 5.34. The number of allylic oxidation sites excluding steroid dienone is 4. The molecule has 7 nitrogen and oxygen atoms in total. The summed E-state index contributed by atoms with van der Waals surface area (Å²) in [5.74, 6) is 0.116. The summed E-state index contributed by atoms with van der Waals surface area (Å²) in [4.78, 5) is 31.4. The van der Waals surface area contributed by atoms with Gasteiger partial charge in [-0.25, -0.2) is 9.78 Å². The molecule has 186 valence electrons. The van der Waals surface area contributed by atoms with Crippen LogP contribution in [0.5, 0.6) is 0 Å². The summed E-state index contributed by atoms with van der Waals surface area (Å²) in [6.45, 7) is 6.96. The molecule has 1 N–H and O–H groups in total.